The van der Waals surface area contributed by atoms with Gasteiger partial charge in [0.25, 0.3) is 17.4 Å². The molecule has 0 radical (unpaired) electrons. The number of rotatable bonds is 5. The predicted octanol–water partition coefficient (Wildman–Crippen LogP) is 1.20. The lowest BCUT2D eigenvalue weighted by molar-refractivity contribution is -0.384. The van der Waals surface area contributed by atoms with Gasteiger partial charge in [-0.05, 0) is 32.0 Å². The number of hydrogen-bond acceptors (Lipinski definition) is 8. The number of amides is 2. The fourth-order valence-corrected chi connectivity index (χ4v) is 3.18. The summed E-state index contributed by atoms with van der Waals surface area (Å²) < 4.78 is 1.74. The number of carbonyl (C=O) groups excluding carboxylic acids is 2. The van der Waals surface area contributed by atoms with Crippen molar-refractivity contribution in [2.75, 3.05) is 5.75 Å². The molecule has 3 aromatic rings. The highest BCUT2D eigenvalue weighted by Gasteiger charge is 2.14. The van der Waals surface area contributed by atoms with E-state index in [1.54, 1.807) is 4.40 Å². The maximum Gasteiger partial charge on any atom is 0.269 e. The third-order valence-corrected chi connectivity index (χ3v) is 4.58. The van der Waals surface area contributed by atoms with Gasteiger partial charge in [0.15, 0.2) is 5.16 Å². The van der Waals surface area contributed by atoms with Crippen molar-refractivity contribution < 1.29 is 14.5 Å². The van der Waals surface area contributed by atoms with Crippen molar-refractivity contribution in [3.8, 4) is 0 Å². The summed E-state index contributed by atoms with van der Waals surface area (Å²) in [6, 6.07) is 6.90. The number of nitro benzene ring substituents is 1. The van der Waals surface area contributed by atoms with Crippen molar-refractivity contribution in [3.05, 3.63) is 57.4 Å². The number of aromatic nitrogens is 4. The highest BCUT2D eigenvalue weighted by atomic mass is 32.2. The van der Waals surface area contributed by atoms with E-state index in [9.17, 15) is 19.7 Å². The first kappa shape index (κ1) is 19.2. The normalized spacial score (nSPS) is 10.6. The summed E-state index contributed by atoms with van der Waals surface area (Å²) in [4.78, 5) is 38.3. The molecular weight excluding hydrogens is 386 g/mol. The average Bonchev–Trinajstić information content (AvgIpc) is 3.07. The molecular formula is C16H15N7O4S. The van der Waals surface area contributed by atoms with Gasteiger partial charge in [-0.1, -0.05) is 11.8 Å². The van der Waals surface area contributed by atoms with Crippen LogP contribution in [0.1, 0.15) is 21.7 Å². The molecule has 0 saturated carbocycles. The van der Waals surface area contributed by atoms with Crippen LogP contribution < -0.4 is 10.9 Å². The third kappa shape index (κ3) is 4.23. The molecule has 0 aliphatic rings. The van der Waals surface area contributed by atoms with E-state index in [1.807, 2.05) is 19.9 Å². The summed E-state index contributed by atoms with van der Waals surface area (Å²) in [5.74, 6) is -0.590. The van der Waals surface area contributed by atoms with Gasteiger partial charge in [-0.3, -0.25) is 35.0 Å². The molecule has 0 fully saturated rings. The van der Waals surface area contributed by atoms with Gasteiger partial charge in [-0.15, -0.1) is 10.2 Å². The largest absolute Gasteiger partial charge is 0.272 e. The standard InChI is InChI=1S/C16H15N7O4S/c1-9-7-10(2)22-15(17-9)20-21-16(22)28-8-13(24)18-19-14(25)11-3-5-12(6-4-11)23(26)27/h3-7H,8H2,1-2H3,(H,18,24)(H,19,25). The molecule has 28 heavy (non-hydrogen) atoms. The van der Waals surface area contributed by atoms with Crippen molar-refractivity contribution >= 4 is 35.0 Å². The topological polar surface area (TPSA) is 144 Å². The number of thioether (sulfide) groups is 1. The van der Waals surface area contributed by atoms with Crippen molar-refractivity contribution in [1.29, 1.82) is 0 Å². The number of hydrogen-bond donors (Lipinski definition) is 2. The summed E-state index contributed by atoms with van der Waals surface area (Å²) in [6.07, 6.45) is 0. The Bertz CT molecular complexity index is 1060. The van der Waals surface area contributed by atoms with Crippen LogP contribution in [0.15, 0.2) is 35.5 Å². The summed E-state index contributed by atoms with van der Waals surface area (Å²) in [5, 5.41) is 19.1. The molecule has 0 aliphatic carbocycles. The second-order valence-corrected chi connectivity index (χ2v) is 6.69. The van der Waals surface area contributed by atoms with Gasteiger partial charge < -0.3 is 0 Å². The van der Waals surface area contributed by atoms with Gasteiger partial charge in [-0.25, -0.2) is 4.98 Å². The number of nitro groups is 1. The van der Waals surface area contributed by atoms with E-state index in [2.05, 4.69) is 26.0 Å². The minimum atomic E-state index is -0.586. The van der Waals surface area contributed by atoms with Gasteiger partial charge in [0.1, 0.15) is 0 Å². The van der Waals surface area contributed by atoms with Crippen LogP contribution in [0, 0.1) is 24.0 Å². The lowest BCUT2D eigenvalue weighted by atomic mass is 10.2. The fraction of sp³-hybridized carbons (Fsp3) is 0.188. The average molecular weight is 401 g/mol. The van der Waals surface area contributed by atoms with E-state index in [4.69, 9.17) is 0 Å². The molecule has 0 spiro atoms. The molecule has 0 atom stereocenters. The Labute approximate surface area is 162 Å². The van der Waals surface area contributed by atoms with E-state index in [0.29, 0.717) is 10.9 Å². The Hall–Kier alpha value is -3.54. The molecule has 0 aliphatic heterocycles. The molecule has 0 saturated heterocycles. The number of aryl methyl sites for hydroxylation is 2. The molecule has 0 bridgehead atoms. The van der Waals surface area contributed by atoms with E-state index in [1.165, 1.54) is 24.3 Å². The summed E-state index contributed by atoms with van der Waals surface area (Å²) >= 11 is 1.15. The molecule has 1 aromatic carbocycles. The van der Waals surface area contributed by atoms with Crippen LogP contribution in [0.3, 0.4) is 0 Å². The van der Waals surface area contributed by atoms with Crippen LogP contribution in [0.5, 0.6) is 0 Å². The van der Waals surface area contributed by atoms with E-state index in [-0.39, 0.29) is 17.0 Å². The van der Waals surface area contributed by atoms with Crippen molar-refractivity contribution in [3.63, 3.8) is 0 Å². The summed E-state index contributed by atoms with van der Waals surface area (Å²) in [6.45, 7) is 3.75. The minimum Gasteiger partial charge on any atom is -0.272 e. The lowest BCUT2D eigenvalue weighted by Gasteiger charge is -2.07. The number of fused-ring (bicyclic) bond motifs is 1. The van der Waals surface area contributed by atoms with Crippen LogP contribution in [-0.2, 0) is 4.79 Å². The van der Waals surface area contributed by atoms with Crippen LogP contribution in [0.2, 0.25) is 0 Å². The SMILES string of the molecule is Cc1cc(C)n2c(SCC(=O)NNC(=O)c3ccc([N+](=O)[O-])cc3)nnc2n1. The number of nitrogens with zero attached hydrogens (tertiary/aromatic N) is 5. The molecule has 12 heteroatoms. The molecule has 0 unspecified atom stereocenters. The van der Waals surface area contributed by atoms with Gasteiger partial charge in [0.2, 0.25) is 5.91 Å². The zero-order valence-corrected chi connectivity index (χ0v) is 15.7. The van der Waals surface area contributed by atoms with Crippen molar-refractivity contribution in [1.82, 2.24) is 30.4 Å². The monoisotopic (exact) mass is 401 g/mol. The lowest BCUT2D eigenvalue weighted by Crippen LogP contribution is -2.42. The van der Waals surface area contributed by atoms with E-state index < -0.39 is 16.7 Å². The van der Waals surface area contributed by atoms with Crippen molar-refractivity contribution in [2.24, 2.45) is 0 Å². The van der Waals surface area contributed by atoms with Crippen LogP contribution in [-0.4, -0.2) is 42.1 Å². The summed E-state index contributed by atoms with van der Waals surface area (Å²) in [7, 11) is 0. The number of non-ortho nitro benzene ring substituents is 1. The maximum atomic E-state index is 12.0. The second-order valence-electron chi connectivity index (χ2n) is 5.75. The summed E-state index contributed by atoms with van der Waals surface area (Å²) in [5.41, 5.74) is 6.31. The Balaban J connectivity index is 1.55. The van der Waals surface area contributed by atoms with Gasteiger partial charge in [0, 0.05) is 29.1 Å². The Morgan fingerprint density at radius 1 is 1.18 bits per heavy atom. The number of carbonyl (C=O) groups is 2. The number of benzene rings is 1. The van der Waals surface area contributed by atoms with Gasteiger partial charge in [-0.2, -0.15) is 0 Å². The minimum absolute atomic E-state index is 0.00531. The molecule has 11 nitrogen and oxygen atoms in total. The fourth-order valence-electron chi connectivity index (χ4n) is 2.39. The molecule has 2 heterocycles. The smallest absolute Gasteiger partial charge is 0.269 e. The molecule has 2 N–H and O–H groups in total. The van der Waals surface area contributed by atoms with Crippen LogP contribution in [0.4, 0.5) is 5.69 Å². The van der Waals surface area contributed by atoms with Gasteiger partial charge in [0.05, 0.1) is 10.7 Å². The second kappa shape index (κ2) is 8.00. The molecule has 2 aromatic heterocycles. The number of hydrazine groups is 1. The van der Waals surface area contributed by atoms with Crippen molar-refractivity contribution in [2.45, 2.75) is 19.0 Å². The highest BCUT2D eigenvalue weighted by Crippen LogP contribution is 2.18. The molecule has 144 valence electrons. The zero-order valence-electron chi connectivity index (χ0n) is 14.9. The quantitative estimate of drug-likeness (QED) is 0.369. The van der Waals surface area contributed by atoms with E-state index >= 15 is 0 Å². The first-order chi connectivity index (χ1) is 13.3. The Morgan fingerprint density at radius 3 is 2.57 bits per heavy atom. The number of nitrogens with one attached hydrogen (secondary N) is 2. The predicted molar refractivity (Wildman–Crippen MR) is 99.7 cm³/mol. The van der Waals surface area contributed by atoms with Crippen LogP contribution in [0.25, 0.3) is 5.78 Å². The zero-order chi connectivity index (χ0) is 20.3. The first-order valence-electron chi connectivity index (χ1n) is 8.01. The first-order valence-corrected chi connectivity index (χ1v) is 8.99. The third-order valence-electron chi connectivity index (χ3n) is 3.65. The van der Waals surface area contributed by atoms with Gasteiger partial charge >= 0.3 is 0 Å². The Kier molecular flexibility index (Phi) is 5.49. The molecule has 3 rings (SSSR count). The van der Waals surface area contributed by atoms with E-state index in [0.717, 1.165) is 23.1 Å². The Morgan fingerprint density at radius 2 is 1.89 bits per heavy atom. The maximum absolute atomic E-state index is 12.0. The molecule has 2 amide bonds. The highest BCUT2D eigenvalue weighted by molar-refractivity contribution is 7.99. The van der Waals surface area contributed by atoms with Crippen LogP contribution >= 0.6 is 11.8 Å².